The van der Waals surface area contributed by atoms with Crippen molar-refractivity contribution in [3.8, 4) is 0 Å². The van der Waals surface area contributed by atoms with Gasteiger partial charge in [0.2, 0.25) is 0 Å². The quantitative estimate of drug-likeness (QED) is 0.722. The van der Waals surface area contributed by atoms with E-state index in [4.69, 9.17) is 0 Å². The summed E-state index contributed by atoms with van der Waals surface area (Å²) in [5, 5.41) is 0. The van der Waals surface area contributed by atoms with E-state index in [0.717, 1.165) is 17.7 Å². The van der Waals surface area contributed by atoms with Crippen LogP contribution >= 0.6 is 15.9 Å². The van der Waals surface area contributed by atoms with Gasteiger partial charge in [-0.15, -0.1) is 0 Å². The zero-order chi connectivity index (χ0) is 15.8. The fourth-order valence-electron chi connectivity index (χ4n) is 2.25. The summed E-state index contributed by atoms with van der Waals surface area (Å²) in [5.41, 5.74) is -0.346. The van der Waals surface area contributed by atoms with E-state index in [0.29, 0.717) is 0 Å². The maximum Gasteiger partial charge on any atom is 0.406 e. The highest BCUT2D eigenvalue weighted by atomic mass is 79.9. The summed E-state index contributed by atoms with van der Waals surface area (Å²) in [6.45, 7) is 0.215. The van der Waals surface area contributed by atoms with Crippen LogP contribution in [0.3, 0.4) is 0 Å². The lowest BCUT2D eigenvalue weighted by Gasteiger charge is -2.30. The average molecular weight is 368 g/mol. The summed E-state index contributed by atoms with van der Waals surface area (Å²) in [6.07, 6.45) is -2.92. The van der Waals surface area contributed by atoms with Crippen LogP contribution in [0.15, 0.2) is 22.7 Å². The Bertz CT molecular complexity index is 542. The van der Waals surface area contributed by atoms with Crippen molar-refractivity contribution in [2.24, 2.45) is 5.92 Å². The summed E-state index contributed by atoms with van der Waals surface area (Å²) < 4.78 is 52.1. The van der Waals surface area contributed by atoms with Crippen LogP contribution < -0.4 is 0 Å². The monoisotopic (exact) mass is 367 g/mol. The fourth-order valence-corrected chi connectivity index (χ4v) is 2.62. The predicted molar refractivity (Wildman–Crippen MR) is 73.4 cm³/mol. The average Bonchev–Trinajstić information content (AvgIpc) is 3.21. The summed E-state index contributed by atoms with van der Waals surface area (Å²) in [6, 6.07) is 3.46. The van der Waals surface area contributed by atoms with Crippen molar-refractivity contribution in [1.29, 1.82) is 0 Å². The lowest BCUT2D eigenvalue weighted by molar-refractivity contribution is -0.144. The first-order valence-corrected chi connectivity index (χ1v) is 7.31. The normalized spacial score (nSPS) is 16.7. The molecule has 116 valence electrons. The Kier molecular flexibility index (Phi) is 4.60. The molecule has 0 saturated heterocycles. The number of alkyl halides is 3. The third-order valence-corrected chi connectivity index (χ3v) is 4.20. The number of carbonyl (C=O) groups is 1. The standard InChI is InChI=1S/C14H14BrF4NO/c1-8(9-5-6-9)20(7-14(17,18)19)13(21)10-3-2-4-11(15)12(10)16/h2-4,8-9H,5-7H2,1H3. The van der Waals surface area contributed by atoms with Crippen LogP contribution in [0.25, 0.3) is 0 Å². The van der Waals surface area contributed by atoms with Crippen LogP contribution in [-0.2, 0) is 0 Å². The molecule has 0 aliphatic heterocycles. The first-order valence-electron chi connectivity index (χ1n) is 6.52. The Morgan fingerprint density at radius 3 is 2.57 bits per heavy atom. The smallest absolute Gasteiger partial charge is 0.326 e. The van der Waals surface area contributed by atoms with Crippen LogP contribution in [0.5, 0.6) is 0 Å². The summed E-state index contributed by atoms with van der Waals surface area (Å²) >= 11 is 2.94. The number of hydrogen-bond acceptors (Lipinski definition) is 1. The topological polar surface area (TPSA) is 20.3 Å². The van der Waals surface area contributed by atoms with Crippen molar-refractivity contribution < 1.29 is 22.4 Å². The van der Waals surface area contributed by atoms with Crippen LogP contribution in [0.2, 0.25) is 0 Å². The first-order chi connectivity index (χ1) is 9.70. The molecule has 0 heterocycles. The minimum atomic E-state index is -4.51. The summed E-state index contributed by atoms with van der Waals surface area (Å²) in [7, 11) is 0. The van der Waals surface area contributed by atoms with Gasteiger partial charge in [-0.1, -0.05) is 6.07 Å². The zero-order valence-electron chi connectivity index (χ0n) is 11.3. The van der Waals surface area contributed by atoms with Crippen molar-refractivity contribution in [3.05, 3.63) is 34.1 Å². The minimum Gasteiger partial charge on any atom is -0.326 e. The second-order valence-electron chi connectivity index (χ2n) is 5.23. The Balaban J connectivity index is 2.30. The van der Waals surface area contributed by atoms with Gasteiger partial charge in [-0.2, -0.15) is 13.2 Å². The molecule has 1 aliphatic carbocycles. The van der Waals surface area contributed by atoms with E-state index in [2.05, 4.69) is 15.9 Å². The van der Waals surface area contributed by atoms with Crippen LogP contribution in [0.1, 0.15) is 30.1 Å². The maximum absolute atomic E-state index is 13.9. The van der Waals surface area contributed by atoms with E-state index in [9.17, 15) is 22.4 Å². The van der Waals surface area contributed by atoms with Gasteiger partial charge in [0.25, 0.3) is 5.91 Å². The van der Waals surface area contributed by atoms with Gasteiger partial charge in [0.05, 0.1) is 10.0 Å². The van der Waals surface area contributed by atoms with Gasteiger partial charge in [0, 0.05) is 6.04 Å². The molecule has 1 fully saturated rings. The zero-order valence-corrected chi connectivity index (χ0v) is 12.8. The third-order valence-electron chi connectivity index (χ3n) is 3.59. The van der Waals surface area contributed by atoms with Crippen molar-refractivity contribution >= 4 is 21.8 Å². The molecule has 2 rings (SSSR count). The fraction of sp³-hybridized carbons (Fsp3) is 0.500. The number of carbonyl (C=O) groups excluding carboxylic acids is 1. The molecular formula is C14H14BrF4NO. The summed E-state index contributed by atoms with van der Waals surface area (Å²) in [4.78, 5) is 13.1. The van der Waals surface area contributed by atoms with Crippen molar-refractivity contribution in [1.82, 2.24) is 4.90 Å². The molecular weight excluding hydrogens is 354 g/mol. The van der Waals surface area contributed by atoms with Gasteiger partial charge in [-0.05, 0) is 53.7 Å². The van der Waals surface area contributed by atoms with E-state index in [1.807, 2.05) is 0 Å². The highest BCUT2D eigenvalue weighted by molar-refractivity contribution is 9.10. The number of benzene rings is 1. The molecule has 1 aromatic rings. The van der Waals surface area contributed by atoms with E-state index in [1.54, 1.807) is 6.92 Å². The Morgan fingerprint density at radius 1 is 1.43 bits per heavy atom. The van der Waals surface area contributed by atoms with Crippen molar-refractivity contribution in [2.45, 2.75) is 32.0 Å². The molecule has 21 heavy (non-hydrogen) atoms. The first kappa shape index (κ1) is 16.3. The van der Waals surface area contributed by atoms with Gasteiger partial charge < -0.3 is 4.90 Å². The van der Waals surface area contributed by atoms with Gasteiger partial charge in [-0.3, -0.25) is 4.79 Å². The molecule has 0 aromatic heterocycles. The lowest BCUT2D eigenvalue weighted by atomic mass is 10.1. The van der Waals surface area contributed by atoms with Crippen LogP contribution in [0.4, 0.5) is 17.6 Å². The van der Waals surface area contributed by atoms with Crippen LogP contribution in [0, 0.1) is 11.7 Å². The Hall–Kier alpha value is -1.11. The predicted octanol–water partition coefficient (Wildman–Crippen LogP) is 4.39. The second kappa shape index (κ2) is 5.94. The molecule has 0 bridgehead atoms. The van der Waals surface area contributed by atoms with Gasteiger partial charge >= 0.3 is 6.18 Å². The largest absolute Gasteiger partial charge is 0.406 e. The minimum absolute atomic E-state index is 0.0550. The van der Waals surface area contributed by atoms with E-state index in [-0.39, 0.29) is 16.0 Å². The van der Waals surface area contributed by atoms with Gasteiger partial charge in [0.1, 0.15) is 12.4 Å². The van der Waals surface area contributed by atoms with E-state index >= 15 is 0 Å². The number of hydrogen-bond donors (Lipinski definition) is 0. The molecule has 2 nitrogen and oxygen atoms in total. The highest BCUT2D eigenvalue weighted by Gasteiger charge is 2.41. The molecule has 1 unspecified atom stereocenters. The highest BCUT2D eigenvalue weighted by Crippen LogP contribution is 2.37. The number of halogens is 5. The van der Waals surface area contributed by atoms with Crippen LogP contribution in [-0.4, -0.2) is 29.6 Å². The number of amides is 1. The lowest BCUT2D eigenvalue weighted by Crippen LogP contribution is -2.45. The van der Waals surface area contributed by atoms with E-state index < -0.39 is 30.5 Å². The molecule has 0 spiro atoms. The molecule has 0 N–H and O–H groups in total. The summed E-state index contributed by atoms with van der Waals surface area (Å²) in [5.74, 6) is -1.70. The molecule has 1 atom stereocenters. The third kappa shape index (κ3) is 3.96. The molecule has 1 aliphatic rings. The van der Waals surface area contributed by atoms with Gasteiger partial charge in [-0.25, -0.2) is 4.39 Å². The maximum atomic E-state index is 13.9. The molecule has 1 amide bonds. The van der Waals surface area contributed by atoms with Crippen molar-refractivity contribution in [3.63, 3.8) is 0 Å². The van der Waals surface area contributed by atoms with Crippen molar-refractivity contribution in [2.75, 3.05) is 6.54 Å². The van der Waals surface area contributed by atoms with Gasteiger partial charge in [0.15, 0.2) is 0 Å². The molecule has 1 aromatic carbocycles. The Labute approximate surface area is 128 Å². The molecule has 0 radical (unpaired) electrons. The SMILES string of the molecule is CC(C1CC1)N(CC(F)(F)F)C(=O)c1cccc(Br)c1F. The number of nitrogens with zero attached hydrogens (tertiary/aromatic N) is 1. The second-order valence-corrected chi connectivity index (χ2v) is 6.08. The molecule has 1 saturated carbocycles. The number of rotatable bonds is 4. The molecule has 7 heteroatoms. The van der Waals surface area contributed by atoms with E-state index in [1.165, 1.54) is 18.2 Å². The Morgan fingerprint density at radius 2 is 2.05 bits per heavy atom.